The molecule has 0 fully saturated rings. The molecule has 0 heterocycles. The number of nitrogens with one attached hydrogen (secondary N) is 1. The van der Waals surface area contributed by atoms with Crippen LogP contribution in [0.4, 0.5) is 0 Å². The maximum absolute atomic E-state index is 11.8. The number of hydrogen-bond donors (Lipinski definition) is 2. The number of nitrogens with two attached hydrogens (primary N) is 1. The molecule has 1 aromatic rings. The van der Waals surface area contributed by atoms with E-state index in [9.17, 15) is 4.79 Å². The molecule has 0 aromatic heterocycles. The molecular weight excluding hydrogens is 276 g/mol. The smallest absolute Gasteiger partial charge is 0.224 e. The maximum atomic E-state index is 11.8. The monoisotopic (exact) mass is 296 g/mol. The summed E-state index contributed by atoms with van der Waals surface area (Å²) >= 11 is 6.68. The van der Waals surface area contributed by atoms with Crippen LogP contribution in [0, 0.1) is 0 Å². The molecule has 0 aliphatic rings. The van der Waals surface area contributed by atoms with Gasteiger partial charge in [-0.15, -0.1) is 0 Å². The number of amides is 1. The second kappa shape index (κ2) is 8.17. The minimum absolute atomic E-state index is 0.0525. The summed E-state index contributed by atoms with van der Waals surface area (Å²) in [5.74, 6) is 1.11. The van der Waals surface area contributed by atoms with Crippen LogP contribution in [-0.4, -0.2) is 28.9 Å². The minimum atomic E-state index is 0.0525. The standard InChI is InChI=1S/C14H20N2OS2/c1-10(7-8-19-2)16-13(17)9-11-3-5-12(6-4-11)14(15)18/h3-6,10H,7-9H2,1-2H3,(H2,15,18)(H,16,17). The first kappa shape index (κ1) is 16.0. The molecule has 0 saturated carbocycles. The van der Waals surface area contributed by atoms with Gasteiger partial charge in [0.1, 0.15) is 4.99 Å². The van der Waals surface area contributed by atoms with Gasteiger partial charge < -0.3 is 11.1 Å². The zero-order valence-electron chi connectivity index (χ0n) is 11.3. The van der Waals surface area contributed by atoms with Crippen molar-refractivity contribution >= 4 is 34.9 Å². The molecule has 1 unspecified atom stereocenters. The highest BCUT2D eigenvalue weighted by atomic mass is 32.2. The van der Waals surface area contributed by atoms with Crippen LogP contribution < -0.4 is 11.1 Å². The summed E-state index contributed by atoms with van der Waals surface area (Å²) in [5.41, 5.74) is 7.32. The van der Waals surface area contributed by atoms with Crippen LogP contribution in [0.5, 0.6) is 0 Å². The van der Waals surface area contributed by atoms with Crippen LogP contribution in [0.1, 0.15) is 24.5 Å². The Labute approximate surface area is 124 Å². The van der Waals surface area contributed by atoms with E-state index in [4.69, 9.17) is 18.0 Å². The number of benzene rings is 1. The number of rotatable bonds is 7. The lowest BCUT2D eigenvalue weighted by molar-refractivity contribution is -0.121. The van der Waals surface area contributed by atoms with Crippen molar-refractivity contribution in [1.29, 1.82) is 0 Å². The quantitative estimate of drug-likeness (QED) is 0.757. The van der Waals surface area contributed by atoms with Gasteiger partial charge in [0.2, 0.25) is 5.91 Å². The van der Waals surface area contributed by atoms with E-state index in [1.54, 1.807) is 11.8 Å². The molecule has 1 aromatic carbocycles. The van der Waals surface area contributed by atoms with Gasteiger partial charge >= 0.3 is 0 Å². The number of thiocarbonyl (C=S) groups is 1. The van der Waals surface area contributed by atoms with E-state index < -0.39 is 0 Å². The van der Waals surface area contributed by atoms with E-state index in [0.29, 0.717) is 11.4 Å². The van der Waals surface area contributed by atoms with E-state index in [2.05, 4.69) is 11.6 Å². The van der Waals surface area contributed by atoms with Crippen molar-refractivity contribution in [3.63, 3.8) is 0 Å². The van der Waals surface area contributed by atoms with Gasteiger partial charge in [-0.05, 0) is 30.9 Å². The average molecular weight is 296 g/mol. The fourth-order valence-electron chi connectivity index (χ4n) is 1.66. The molecule has 0 aliphatic carbocycles. The number of carbonyl (C=O) groups excluding carboxylic acids is 1. The second-order valence-electron chi connectivity index (χ2n) is 4.49. The fourth-order valence-corrected chi connectivity index (χ4v) is 2.39. The summed E-state index contributed by atoms with van der Waals surface area (Å²) < 4.78 is 0. The summed E-state index contributed by atoms with van der Waals surface area (Å²) in [6.07, 6.45) is 3.45. The first-order chi connectivity index (χ1) is 9.02. The Bertz CT molecular complexity index is 432. The van der Waals surface area contributed by atoms with Crippen molar-refractivity contribution in [3.05, 3.63) is 35.4 Å². The average Bonchev–Trinajstić information content (AvgIpc) is 2.36. The Morgan fingerprint density at radius 1 is 1.42 bits per heavy atom. The van der Waals surface area contributed by atoms with Crippen LogP contribution >= 0.6 is 24.0 Å². The highest BCUT2D eigenvalue weighted by molar-refractivity contribution is 7.98. The molecule has 1 atom stereocenters. The molecule has 1 amide bonds. The zero-order valence-corrected chi connectivity index (χ0v) is 12.9. The Morgan fingerprint density at radius 2 is 2.05 bits per heavy atom. The van der Waals surface area contributed by atoms with Crippen LogP contribution in [-0.2, 0) is 11.2 Å². The molecule has 0 radical (unpaired) electrons. The Morgan fingerprint density at radius 3 is 2.58 bits per heavy atom. The SMILES string of the molecule is CSCCC(C)NC(=O)Cc1ccc(C(N)=S)cc1. The summed E-state index contributed by atoms with van der Waals surface area (Å²) in [7, 11) is 0. The van der Waals surface area contributed by atoms with Gasteiger partial charge in [0.15, 0.2) is 0 Å². The minimum Gasteiger partial charge on any atom is -0.389 e. The molecule has 0 spiro atoms. The number of hydrogen-bond acceptors (Lipinski definition) is 3. The Hall–Kier alpha value is -1.07. The molecule has 5 heteroatoms. The van der Waals surface area contributed by atoms with Gasteiger partial charge in [-0.25, -0.2) is 0 Å². The summed E-state index contributed by atoms with van der Waals surface area (Å²) in [5, 5.41) is 3.00. The Balaban J connectivity index is 2.45. The summed E-state index contributed by atoms with van der Waals surface area (Å²) in [6.45, 7) is 2.03. The van der Waals surface area contributed by atoms with Crippen LogP contribution in [0.25, 0.3) is 0 Å². The molecule has 0 saturated heterocycles. The largest absolute Gasteiger partial charge is 0.389 e. The van der Waals surface area contributed by atoms with Crippen molar-refractivity contribution < 1.29 is 4.79 Å². The number of thioether (sulfide) groups is 1. The molecular formula is C14H20N2OS2. The molecule has 0 aliphatic heterocycles. The molecule has 19 heavy (non-hydrogen) atoms. The van der Waals surface area contributed by atoms with Crippen molar-refractivity contribution in [1.82, 2.24) is 5.32 Å². The highest BCUT2D eigenvalue weighted by Gasteiger charge is 2.08. The van der Waals surface area contributed by atoms with Gasteiger partial charge in [0, 0.05) is 11.6 Å². The van der Waals surface area contributed by atoms with Gasteiger partial charge in [-0.1, -0.05) is 36.5 Å². The first-order valence-corrected chi connectivity index (χ1v) is 8.00. The lowest BCUT2D eigenvalue weighted by Gasteiger charge is -2.13. The number of carbonyl (C=O) groups is 1. The van der Waals surface area contributed by atoms with Crippen LogP contribution in [0.3, 0.4) is 0 Å². The molecule has 1 rings (SSSR count). The van der Waals surface area contributed by atoms with E-state index >= 15 is 0 Å². The maximum Gasteiger partial charge on any atom is 0.224 e. The van der Waals surface area contributed by atoms with Gasteiger partial charge in [0.05, 0.1) is 6.42 Å². The predicted molar refractivity (Wildman–Crippen MR) is 86.6 cm³/mol. The lowest BCUT2D eigenvalue weighted by atomic mass is 10.1. The fraction of sp³-hybridized carbons (Fsp3) is 0.429. The normalized spacial score (nSPS) is 11.9. The van der Waals surface area contributed by atoms with Crippen molar-refractivity contribution in [2.75, 3.05) is 12.0 Å². The second-order valence-corrected chi connectivity index (χ2v) is 5.91. The summed E-state index contributed by atoms with van der Waals surface area (Å²) in [6, 6.07) is 7.70. The van der Waals surface area contributed by atoms with Gasteiger partial charge in [0.25, 0.3) is 0 Å². The van der Waals surface area contributed by atoms with E-state index in [1.165, 1.54) is 0 Å². The highest BCUT2D eigenvalue weighted by Crippen LogP contribution is 2.06. The third-order valence-corrected chi connectivity index (χ3v) is 3.65. The van der Waals surface area contributed by atoms with E-state index in [1.807, 2.05) is 31.2 Å². The summed E-state index contributed by atoms with van der Waals surface area (Å²) in [4.78, 5) is 12.2. The van der Waals surface area contributed by atoms with Crippen molar-refractivity contribution in [2.24, 2.45) is 5.73 Å². The lowest BCUT2D eigenvalue weighted by Crippen LogP contribution is -2.34. The van der Waals surface area contributed by atoms with Crippen LogP contribution in [0.2, 0.25) is 0 Å². The van der Waals surface area contributed by atoms with Crippen molar-refractivity contribution in [3.8, 4) is 0 Å². The molecule has 3 nitrogen and oxygen atoms in total. The molecule has 3 N–H and O–H groups in total. The van der Waals surface area contributed by atoms with E-state index in [0.717, 1.165) is 23.3 Å². The first-order valence-electron chi connectivity index (χ1n) is 6.20. The predicted octanol–water partition coefficient (Wildman–Crippen LogP) is 2.12. The zero-order chi connectivity index (χ0) is 14.3. The molecule has 104 valence electrons. The molecule has 0 bridgehead atoms. The van der Waals surface area contributed by atoms with Gasteiger partial charge in [-0.3, -0.25) is 4.79 Å². The Kier molecular flexibility index (Phi) is 6.87. The van der Waals surface area contributed by atoms with E-state index in [-0.39, 0.29) is 11.9 Å². The van der Waals surface area contributed by atoms with Crippen molar-refractivity contribution in [2.45, 2.75) is 25.8 Å². The van der Waals surface area contributed by atoms with Gasteiger partial charge in [-0.2, -0.15) is 11.8 Å². The topological polar surface area (TPSA) is 55.1 Å². The third-order valence-electron chi connectivity index (χ3n) is 2.77. The van der Waals surface area contributed by atoms with Crippen LogP contribution in [0.15, 0.2) is 24.3 Å². The third kappa shape index (κ3) is 6.07.